The van der Waals surface area contributed by atoms with Crippen molar-refractivity contribution >= 4 is 23.9 Å². The summed E-state index contributed by atoms with van der Waals surface area (Å²) >= 11 is 0. The summed E-state index contributed by atoms with van der Waals surface area (Å²) in [6.45, 7) is 4.09. The van der Waals surface area contributed by atoms with Gasteiger partial charge in [0.15, 0.2) is 11.5 Å². The van der Waals surface area contributed by atoms with Gasteiger partial charge in [-0.05, 0) is 12.1 Å². The van der Waals surface area contributed by atoms with Crippen LogP contribution < -0.4 is 14.4 Å². The number of amides is 3. The van der Waals surface area contributed by atoms with Gasteiger partial charge >= 0.3 is 0 Å². The van der Waals surface area contributed by atoms with Crippen molar-refractivity contribution in [1.82, 2.24) is 9.80 Å². The quantitative estimate of drug-likeness (QED) is 0.723. The van der Waals surface area contributed by atoms with E-state index in [2.05, 4.69) is 0 Å². The van der Waals surface area contributed by atoms with E-state index in [4.69, 9.17) is 9.47 Å². The van der Waals surface area contributed by atoms with Gasteiger partial charge in [-0.25, -0.2) is 0 Å². The highest BCUT2D eigenvalue weighted by molar-refractivity contribution is 5.92. The number of hydrogen-bond acceptors (Lipinski definition) is 5. The molecule has 0 radical (unpaired) electrons. The van der Waals surface area contributed by atoms with E-state index in [1.807, 2.05) is 0 Å². The predicted octanol–water partition coefficient (Wildman–Crippen LogP) is 0.459. The minimum atomic E-state index is -0.141. The first-order valence-electron chi connectivity index (χ1n) is 8.23. The van der Waals surface area contributed by atoms with E-state index in [0.29, 0.717) is 49.9 Å². The van der Waals surface area contributed by atoms with Crippen molar-refractivity contribution in [2.75, 3.05) is 44.4 Å². The van der Waals surface area contributed by atoms with Crippen LogP contribution in [0.4, 0.5) is 5.69 Å². The molecule has 0 bridgehead atoms. The first-order valence-corrected chi connectivity index (χ1v) is 8.23. The van der Waals surface area contributed by atoms with E-state index < -0.39 is 0 Å². The Hall–Kier alpha value is -2.77. The Labute approximate surface area is 145 Å². The fraction of sp³-hybridized carbons (Fsp3) is 0.471. The Kier molecular flexibility index (Phi) is 5.06. The normalized spacial score (nSPS) is 15.9. The molecule has 0 saturated carbocycles. The van der Waals surface area contributed by atoms with E-state index in [9.17, 15) is 14.4 Å². The molecule has 1 saturated heterocycles. The summed E-state index contributed by atoms with van der Waals surface area (Å²) in [5.74, 6) is 1.09. The molecule has 2 aliphatic rings. The Bertz CT molecular complexity index is 670. The van der Waals surface area contributed by atoms with Gasteiger partial charge in [-0.3, -0.25) is 14.4 Å². The number of anilines is 1. The van der Waals surface area contributed by atoms with Crippen LogP contribution >= 0.6 is 0 Å². The molecule has 2 aliphatic heterocycles. The zero-order valence-corrected chi connectivity index (χ0v) is 14.1. The maximum absolute atomic E-state index is 12.4. The monoisotopic (exact) mass is 347 g/mol. The molecule has 8 heteroatoms. The molecule has 3 amide bonds. The van der Waals surface area contributed by atoms with Gasteiger partial charge < -0.3 is 24.2 Å². The minimum absolute atomic E-state index is 0.0162. The van der Waals surface area contributed by atoms with Crippen LogP contribution in [0.15, 0.2) is 18.2 Å². The number of piperazine rings is 1. The zero-order chi connectivity index (χ0) is 17.8. The van der Waals surface area contributed by atoms with Crippen molar-refractivity contribution in [3.63, 3.8) is 0 Å². The Morgan fingerprint density at radius 2 is 1.88 bits per heavy atom. The van der Waals surface area contributed by atoms with Crippen LogP contribution in [0.25, 0.3) is 0 Å². The molecular weight excluding hydrogens is 326 g/mol. The number of ether oxygens (including phenoxy) is 2. The summed E-state index contributed by atoms with van der Waals surface area (Å²) in [5.41, 5.74) is 0.676. The lowest BCUT2D eigenvalue weighted by atomic mass is 10.2. The van der Waals surface area contributed by atoms with Crippen LogP contribution in [-0.2, 0) is 14.4 Å². The van der Waals surface area contributed by atoms with Gasteiger partial charge in [0.1, 0.15) is 0 Å². The molecule has 0 spiro atoms. The number of carbonyl (C=O) groups is 3. The smallest absolute Gasteiger partial charge is 0.231 e. The van der Waals surface area contributed by atoms with Crippen molar-refractivity contribution in [2.24, 2.45) is 0 Å². The molecule has 134 valence electrons. The van der Waals surface area contributed by atoms with Gasteiger partial charge in [0.2, 0.25) is 25.0 Å². The van der Waals surface area contributed by atoms with Crippen LogP contribution in [0.1, 0.15) is 13.3 Å². The molecule has 2 heterocycles. The summed E-state index contributed by atoms with van der Waals surface area (Å²) in [6, 6.07) is 5.29. The second-order valence-electron chi connectivity index (χ2n) is 5.98. The topological polar surface area (TPSA) is 79.4 Å². The van der Waals surface area contributed by atoms with Crippen molar-refractivity contribution in [3.05, 3.63) is 18.2 Å². The lowest BCUT2D eigenvalue weighted by Gasteiger charge is -2.33. The van der Waals surface area contributed by atoms with E-state index >= 15 is 0 Å². The molecule has 0 aliphatic carbocycles. The summed E-state index contributed by atoms with van der Waals surface area (Å²) in [6.07, 6.45) is 1.04. The molecule has 3 rings (SSSR count). The van der Waals surface area contributed by atoms with E-state index in [0.717, 1.165) is 6.41 Å². The molecule has 1 aromatic rings. The van der Waals surface area contributed by atoms with E-state index in [-0.39, 0.29) is 25.0 Å². The molecular formula is C17H21N3O5. The maximum Gasteiger partial charge on any atom is 0.231 e. The first kappa shape index (κ1) is 17.1. The average Bonchev–Trinajstić information content (AvgIpc) is 3.09. The van der Waals surface area contributed by atoms with Crippen LogP contribution in [0.2, 0.25) is 0 Å². The first-order chi connectivity index (χ1) is 12.1. The van der Waals surface area contributed by atoms with Gasteiger partial charge in [0.25, 0.3) is 0 Å². The highest BCUT2D eigenvalue weighted by Gasteiger charge is 2.22. The predicted molar refractivity (Wildman–Crippen MR) is 89.4 cm³/mol. The van der Waals surface area contributed by atoms with Gasteiger partial charge in [0, 0.05) is 57.8 Å². The minimum Gasteiger partial charge on any atom is -0.454 e. The third-order valence-corrected chi connectivity index (χ3v) is 4.41. The third kappa shape index (κ3) is 3.84. The summed E-state index contributed by atoms with van der Waals surface area (Å²) in [5, 5.41) is 0. The van der Waals surface area contributed by atoms with Crippen LogP contribution in [0, 0.1) is 0 Å². The summed E-state index contributed by atoms with van der Waals surface area (Å²) < 4.78 is 10.6. The molecule has 8 nitrogen and oxygen atoms in total. The Morgan fingerprint density at radius 1 is 1.16 bits per heavy atom. The Balaban J connectivity index is 1.60. The fourth-order valence-electron chi connectivity index (χ4n) is 2.96. The molecule has 1 fully saturated rings. The second-order valence-corrected chi connectivity index (χ2v) is 5.98. The highest BCUT2D eigenvalue weighted by atomic mass is 16.7. The maximum atomic E-state index is 12.4. The van der Waals surface area contributed by atoms with E-state index in [1.165, 1.54) is 6.92 Å². The Morgan fingerprint density at radius 3 is 2.56 bits per heavy atom. The lowest BCUT2D eigenvalue weighted by Crippen LogP contribution is -2.48. The lowest BCUT2D eigenvalue weighted by molar-refractivity contribution is -0.135. The number of benzene rings is 1. The van der Waals surface area contributed by atoms with E-state index in [1.54, 1.807) is 32.9 Å². The fourth-order valence-corrected chi connectivity index (χ4v) is 2.96. The SMILES string of the molecule is CC(=O)N(CCC(=O)N1CCN(C=O)CC1)c1ccc2c(c1)OCO2. The van der Waals surface area contributed by atoms with Gasteiger partial charge in [-0.2, -0.15) is 0 Å². The van der Waals surface area contributed by atoms with Crippen molar-refractivity contribution in [1.29, 1.82) is 0 Å². The van der Waals surface area contributed by atoms with Crippen LogP contribution in [0.5, 0.6) is 11.5 Å². The second kappa shape index (κ2) is 7.42. The van der Waals surface area contributed by atoms with Gasteiger partial charge in [-0.1, -0.05) is 0 Å². The van der Waals surface area contributed by atoms with Crippen molar-refractivity contribution < 1.29 is 23.9 Å². The standard InChI is InChI=1S/C17H21N3O5/c1-13(22)20(14-2-3-15-16(10-14)25-12-24-15)5-4-17(23)19-8-6-18(11-21)7-9-19/h2-3,10-11H,4-9,12H2,1H3. The highest BCUT2D eigenvalue weighted by Crippen LogP contribution is 2.35. The number of rotatable bonds is 5. The largest absolute Gasteiger partial charge is 0.454 e. The molecule has 1 aromatic carbocycles. The van der Waals surface area contributed by atoms with Gasteiger partial charge in [0.05, 0.1) is 0 Å². The van der Waals surface area contributed by atoms with Crippen LogP contribution in [0.3, 0.4) is 0 Å². The molecule has 25 heavy (non-hydrogen) atoms. The number of carbonyl (C=O) groups excluding carboxylic acids is 3. The summed E-state index contributed by atoms with van der Waals surface area (Å²) in [4.78, 5) is 40.0. The number of nitrogens with zero attached hydrogens (tertiary/aromatic N) is 3. The zero-order valence-electron chi connectivity index (χ0n) is 14.1. The van der Waals surface area contributed by atoms with Crippen molar-refractivity contribution in [3.8, 4) is 11.5 Å². The van der Waals surface area contributed by atoms with Gasteiger partial charge in [-0.15, -0.1) is 0 Å². The number of hydrogen-bond donors (Lipinski definition) is 0. The third-order valence-electron chi connectivity index (χ3n) is 4.41. The molecule has 0 atom stereocenters. The van der Waals surface area contributed by atoms with Crippen LogP contribution in [-0.4, -0.2) is 67.5 Å². The number of fused-ring (bicyclic) bond motifs is 1. The molecule has 0 unspecified atom stereocenters. The molecule has 0 N–H and O–H groups in total. The van der Waals surface area contributed by atoms with Crippen molar-refractivity contribution in [2.45, 2.75) is 13.3 Å². The summed E-state index contributed by atoms with van der Waals surface area (Å²) in [7, 11) is 0. The molecule has 0 aromatic heterocycles. The average molecular weight is 347 g/mol.